The van der Waals surface area contributed by atoms with Crippen LogP contribution < -0.4 is 11.1 Å². The minimum atomic E-state index is -1.05. The molecule has 6 nitrogen and oxygen atoms in total. The van der Waals surface area contributed by atoms with Crippen molar-refractivity contribution in [2.75, 3.05) is 11.1 Å². The number of carbonyl (C=O) groups excluding carboxylic acids is 1. The molecule has 22 heavy (non-hydrogen) atoms. The quantitative estimate of drug-likeness (QED) is 0.633. The average molecular weight is 295 g/mol. The van der Waals surface area contributed by atoms with Gasteiger partial charge in [0, 0.05) is 23.0 Å². The first-order valence-corrected chi connectivity index (χ1v) is 6.56. The van der Waals surface area contributed by atoms with E-state index in [1.807, 2.05) is 0 Å². The fraction of sp³-hybridized carbons (Fsp3) is 0. The first-order chi connectivity index (χ1) is 10.6. The number of carbonyl (C=O) groups is 2. The average Bonchev–Trinajstić information content (AvgIpc) is 2.91. The summed E-state index contributed by atoms with van der Waals surface area (Å²) in [6.07, 6.45) is 0.414. The molecule has 3 rings (SSSR count). The monoisotopic (exact) mass is 295 g/mol. The molecule has 0 radical (unpaired) electrons. The van der Waals surface area contributed by atoms with Crippen molar-refractivity contribution in [3.63, 3.8) is 0 Å². The van der Waals surface area contributed by atoms with Crippen LogP contribution in [0.25, 0.3) is 10.9 Å². The maximum Gasteiger partial charge on any atom is 0.415 e. The topological polar surface area (TPSA) is 97.4 Å². The number of aromatic nitrogens is 1. The largest absolute Gasteiger partial charge is 0.464 e. The number of hydrogen-bond donors (Lipinski definition) is 3. The normalized spacial score (nSPS) is 10.5. The summed E-state index contributed by atoms with van der Waals surface area (Å²) in [5.41, 5.74) is 7.70. The van der Waals surface area contributed by atoms with Gasteiger partial charge in [-0.1, -0.05) is 12.1 Å². The summed E-state index contributed by atoms with van der Waals surface area (Å²) < 4.78 is 1.12. The molecule has 0 aliphatic rings. The van der Waals surface area contributed by atoms with Gasteiger partial charge in [-0.3, -0.25) is 9.36 Å². The highest BCUT2D eigenvalue weighted by atomic mass is 16.4. The summed E-state index contributed by atoms with van der Waals surface area (Å²) in [6.45, 7) is 0. The number of para-hydroxylation sites is 1. The Bertz CT molecular complexity index is 883. The lowest BCUT2D eigenvalue weighted by Crippen LogP contribution is -2.13. The Balaban J connectivity index is 1.90. The minimum absolute atomic E-state index is 0.310. The van der Waals surface area contributed by atoms with Crippen LogP contribution >= 0.6 is 0 Å². The van der Waals surface area contributed by atoms with E-state index in [9.17, 15) is 9.59 Å². The van der Waals surface area contributed by atoms with Crippen molar-refractivity contribution in [3.05, 3.63) is 60.3 Å². The van der Waals surface area contributed by atoms with E-state index in [0.717, 1.165) is 9.95 Å². The van der Waals surface area contributed by atoms with Crippen molar-refractivity contribution >= 4 is 34.3 Å². The number of anilines is 2. The zero-order valence-corrected chi connectivity index (χ0v) is 11.5. The number of nitrogens with two attached hydrogens (primary N) is 1. The second-order valence-electron chi connectivity index (χ2n) is 4.78. The number of carboxylic acid groups (broad SMARTS) is 1. The molecule has 3 aromatic rings. The van der Waals surface area contributed by atoms with Gasteiger partial charge < -0.3 is 16.2 Å². The number of amides is 1. The number of hydrogen-bond acceptors (Lipinski definition) is 3. The number of nitrogens with one attached hydrogen (secondary N) is 1. The molecule has 110 valence electrons. The Morgan fingerprint density at radius 1 is 1.09 bits per heavy atom. The summed E-state index contributed by atoms with van der Waals surface area (Å²) in [4.78, 5) is 23.2. The van der Waals surface area contributed by atoms with E-state index in [-0.39, 0.29) is 5.91 Å². The van der Waals surface area contributed by atoms with Crippen molar-refractivity contribution in [1.82, 2.24) is 4.57 Å². The van der Waals surface area contributed by atoms with Gasteiger partial charge in [0.25, 0.3) is 5.91 Å². The lowest BCUT2D eigenvalue weighted by atomic mass is 10.1. The van der Waals surface area contributed by atoms with Gasteiger partial charge in [-0.25, -0.2) is 4.79 Å². The summed E-state index contributed by atoms with van der Waals surface area (Å²) >= 11 is 0. The van der Waals surface area contributed by atoms with Crippen LogP contribution in [0.4, 0.5) is 16.2 Å². The van der Waals surface area contributed by atoms with Crippen molar-refractivity contribution in [2.24, 2.45) is 0 Å². The highest BCUT2D eigenvalue weighted by Crippen LogP contribution is 2.21. The highest BCUT2D eigenvalue weighted by Gasteiger charge is 2.11. The molecule has 0 saturated carbocycles. The van der Waals surface area contributed by atoms with E-state index in [1.165, 1.54) is 6.20 Å². The number of nitrogens with zero attached hydrogens (tertiary/aromatic N) is 1. The Morgan fingerprint density at radius 3 is 2.59 bits per heavy atom. The van der Waals surface area contributed by atoms with Crippen LogP contribution in [-0.2, 0) is 0 Å². The van der Waals surface area contributed by atoms with E-state index in [1.54, 1.807) is 48.5 Å². The molecule has 1 aromatic heterocycles. The third-order valence-electron chi connectivity index (χ3n) is 3.36. The lowest BCUT2D eigenvalue weighted by molar-refractivity contribution is 0.102. The van der Waals surface area contributed by atoms with Crippen LogP contribution in [0.15, 0.2) is 54.7 Å². The summed E-state index contributed by atoms with van der Waals surface area (Å²) in [7, 11) is 0. The smallest absolute Gasteiger partial charge is 0.415 e. The fourth-order valence-corrected chi connectivity index (χ4v) is 2.29. The Labute approximate surface area is 125 Å². The SMILES string of the molecule is Nc1ccccc1C(=O)Nc1ccc2c(ccn2C(=O)O)c1. The minimum Gasteiger partial charge on any atom is -0.464 e. The van der Waals surface area contributed by atoms with Crippen LogP contribution in [0.2, 0.25) is 0 Å². The Morgan fingerprint density at radius 2 is 1.86 bits per heavy atom. The van der Waals surface area contributed by atoms with Crippen molar-refractivity contribution < 1.29 is 14.7 Å². The molecule has 0 spiro atoms. The van der Waals surface area contributed by atoms with Gasteiger partial charge in [-0.2, -0.15) is 0 Å². The standard InChI is InChI=1S/C16H13N3O3/c17-13-4-2-1-3-12(13)15(20)18-11-5-6-14-10(9-11)7-8-19(14)16(21)22/h1-9H,17H2,(H,18,20)(H,21,22). The molecule has 0 fully saturated rings. The molecule has 4 N–H and O–H groups in total. The van der Waals surface area contributed by atoms with Gasteiger partial charge in [0.2, 0.25) is 0 Å². The second-order valence-corrected chi connectivity index (χ2v) is 4.78. The van der Waals surface area contributed by atoms with E-state index >= 15 is 0 Å². The zero-order chi connectivity index (χ0) is 15.7. The summed E-state index contributed by atoms with van der Waals surface area (Å²) in [5.74, 6) is -0.310. The predicted octanol–water partition coefficient (Wildman–Crippen LogP) is 3.00. The number of benzene rings is 2. The van der Waals surface area contributed by atoms with Crippen LogP contribution in [0, 0.1) is 0 Å². The van der Waals surface area contributed by atoms with Gasteiger partial charge in [0.15, 0.2) is 0 Å². The molecule has 0 saturated heterocycles. The Kier molecular flexibility index (Phi) is 3.27. The first-order valence-electron chi connectivity index (χ1n) is 6.56. The van der Waals surface area contributed by atoms with E-state index in [2.05, 4.69) is 5.32 Å². The van der Waals surface area contributed by atoms with Gasteiger partial charge in [-0.05, 0) is 36.4 Å². The molecular weight excluding hydrogens is 282 g/mol. The molecule has 0 aliphatic heterocycles. The van der Waals surface area contributed by atoms with E-state index in [0.29, 0.717) is 22.5 Å². The van der Waals surface area contributed by atoms with Crippen molar-refractivity contribution in [1.29, 1.82) is 0 Å². The molecule has 0 bridgehead atoms. The zero-order valence-electron chi connectivity index (χ0n) is 11.5. The third kappa shape index (κ3) is 2.37. The van der Waals surface area contributed by atoms with Crippen LogP contribution in [-0.4, -0.2) is 21.7 Å². The van der Waals surface area contributed by atoms with Gasteiger partial charge >= 0.3 is 6.09 Å². The summed E-state index contributed by atoms with van der Waals surface area (Å²) in [6, 6.07) is 13.5. The van der Waals surface area contributed by atoms with Gasteiger partial charge in [0.05, 0.1) is 11.1 Å². The molecule has 6 heteroatoms. The van der Waals surface area contributed by atoms with Crippen LogP contribution in [0.3, 0.4) is 0 Å². The maximum absolute atomic E-state index is 12.2. The maximum atomic E-state index is 12.2. The lowest BCUT2D eigenvalue weighted by Gasteiger charge is -2.08. The molecule has 0 aliphatic carbocycles. The second kappa shape index (κ2) is 5.25. The summed E-state index contributed by atoms with van der Waals surface area (Å²) in [5, 5.41) is 12.5. The van der Waals surface area contributed by atoms with Gasteiger partial charge in [-0.15, -0.1) is 0 Å². The van der Waals surface area contributed by atoms with Crippen molar-refractivity contribution in [2.45, 2.75) is 0 Å². The molecule has 2 aromatic carbocycles. The predicted molar refractivity (Wildman–Crippen MR) is 84.2 cm³/mol. The van der Waals surface area contributed by atoms with Crippen LogP contribution in [0.1, 0.15) is 10.4 Å². The van der Waals surface area contributed by atoms with Crippen molar-refractivity contribution in [3.8, 4) is 0 Å². The highest BCUT2D eigenvalue weighted by molar-refractivity contribution is 6.08. The molecule has 1 amide bonds. The van der Waals surface area contributed by atoms with E-state index < -0.39 is 6.09 Å². The number of rotatable bonds is 2. The molecule has 0 unspecified atom stereocenters. The first kappa shape index (κ1) is 13.7. The Hall–Kier alpha value is -3.28. The van der Waals surface area contributed by atoms with Crippen LogP contribution in [0.5, 0.6) is 0 Å². The van der Waals surface area contributed by atoms with E-state index in [4.69, 9.17) is 10.8 Å². The number of nitrogen functional groups attached to an aromatic ring is 1. The third-order valence-corrected chi connectivity index (χ3v) is 3.36. The molecular formula is C16H13N3O3. The van der Waals surface area contributed by atoms with Gasteiger partial charge in [0.1, 0.15) is 0 Å². The number of fused-ring (bicyclic) bond motifs is 1. The molecule has 0 atom stereocenters. The fourth-order valence-electron chi connectivity index (χ4n) is 2.29. The molecule has 1 heterocycles.